The smallest absolute Gasteiger partial charge is 0.323 e. The van der Waals surface area contributed by atoms with Gasteiger partial charge in [-0.25, -0.2) is 4.98 Å². The molecule has 0 radical (unpaired) electrons. The van der Waals surface area contributed by atoms with E-state index in [1.165, 1.54) is 77.0 Å². The number of aromatic amines is 1. The number of nitrogens with two attached hydrogens (primary N) is 2. The Morgan fingerprint density at radius 1 is 0.894 bits per heavy atom. The molecule has 5 N–H and O–H groups in total. The van der Waals surface area contributed by atoms with Gasteiger partial charge in [-0.15, -0.1) is 0 Å². The van der Waals surface area contributed by atoms with Gasteiger partial charge in [0.05, 0.1) is 12.9 Å². The number of unbranched alkanes of at least 4 members (excludes halogenated alkanes) is 14. The van der Waals surface area contributed by atoms with E-state index in [0.717, 1.165) is 25.7 Å². The Labute approximate surface area is 282 Å². The molecule has 0 bridgehead atoms. The van der Waals surface area contributed by atoms with Crippen molar-refractivity contribution < 1.29 is 19.1 Å². The van der Waals surface area contributed by atoms with Crippen LogP contribution in [-0.2, 0) is 25.6 Å². The predicted octanol–water partition coefficient (Wildman–Crippen LogP) is 7.21. The Morgan fingerprint density at radius 2 is 1.47 bits per heavy atom. The van der Waals surface area contributed by atoms with Gasteiger partial charge in [-0.1, -0.05) is 117 Å². The van der Waals surface area contributed by atoms with Gasteiger partial charge in [0.2, 0.25) is 5.95 Å². The SMILES string of the molecule is CCCCCCCCCCCCCCCCCC(=O)OC(C)C(CCCOC(=O)C(N)C(C)CC)Cn1cnc2c(=O)[nH]c(N)nc21. The maximum absolute atomic E-state index is 12.8. The van der Waals surface area contributed by atoms with Gasteiger partial charge in [-0.05, 0) is 32.1 Å². The third-order valence-electron chi connectivity index (χ3n) is 9.38. The molecule has 0 saturated carbocycles. The minimum Gasteiger partial charge on any atom is -0.465 e. The fraction of sp³-hybridized carbons (Fsp3) is 0.806. The molecule has 0 saturated heterocycles. The molecule has 47 heavy (non-hydrogen) atoms. The zero-order chi connectivity index (χ0) is 34.4. The number of rotatable bonds is 27. The molecule has 0 aliphatic heterocycles. The van der Waals surface area contributed by atoms with Crippen molar-refractivity contribution in [3.05, 3.63) is 16.7 Å². The van der Waals surface area contributed by atoms with E-state index in [2.05, 4.69) is 21.9 Å². The number of H-pyrrole nitrogens is 1. The van der Waals surface area contributed by atoms with E-state index >= 15 is 0 Å². The summed E-state index contributed by atoms with van der Waals surface area (Å²) in [6.07, 6.45) is 22.6. The molecule has 2 aromatic rings. The summed E-state index contributed by atoms with van der Waals surface area (Å²) in [7, 11) is 0. The van der Waals surface area contributed by atoms with Crippen LogP contribution >= 0.6 is 0 Å². The lowest BCUT2D eigenvalue weighted by Gasteiger charge is -2.25. The average molecular weight is 661 g/mol. The van der Waals surface area contributed by atoms with Gasteiger partial charge < -0.3 is 25.5 Å². The van der Waals surface area contributed by atoms with E-state index in [1.807, 2.05) is 20.8 Å². The van der Waals surface area contributed by atoms with Crippen LogP contribution in [0.4, 0.5) is 5.95 Å². The van der Waals surface area contributed by atoms with Crippen molar-refractivity contribution in [2.75, 3.05) is 12.3 Å². The number of nitrogens with one attached hydrogen (secondary N) is 1. The zero-order valence-corrected chi connectivity index (χ0v) is 29.8. The van der Waals surface area contributed by atoms with Crippen LogP contribution in [0.5, 0.6) is 0 Å². The molecule has 4 unspecified atom stereocenters. The molecule has 11 heteroatoms. The summed E-state index contributed by atoms with van der Waals surface area (Å²) in [5, 5.41) is 0. The van der Waals surface area contributed by atoms with E-state index in [4.69, 9.17) is 20.9 Å². The van der Waals surface area contributed by atoms with Gasteiger partial charge in [0.15, 0.2) is 11.2 Å². The summed E-state index contributed by atoms with van der Waals surface area (Å²) in [4.78, 5) is 48.3. The van der Waals surface area contributed by atoms with Crippen LogP contribution in [0.2, 0.25) is 0 Å². The molecule has 0 aliphatic rings. The van der Waals surface area contributed by atoms with Crippen LogP contribution in [-0.4, -0.2) is 50.2 Å². The Morgan fingerprint density at radius 3 is 2.04 bits per heavy atom. The second-order valence-electron chi connectivity index (χ2n) is 13.4. The number of hydrogen-bond donors (Lipinski definition) is 3. The van der Waals surface area contributed by atoms with Crippen LogP contribution in [0, 0.1) is 11.8 Å². The van der Waals surface area contributed by atoms with Crippen molar-refractivity contribution in [3.8, 4) is 0 Å². The van der Waals surface area contributed by atoms with E-state index < -0.39 is 23.7 Å². The summed E-state index contributed by atoms with van der Waals surface area (Å²) in [6.45, 7) is 8.68. The lowest BCUT2D eigenvalue weighted by molar-refractivity contribution is -0.151. The largest absolute Gasteiger partial charge is 0.465 e. The molecular weight excluding hydrogens is 596 g/mol. The van der Waals surface area contributed by atoms with Gasteiger partial charge >= 0.3 is 11.9 Å². The number of ether oxygens (including phenoxy) is 2. The number of carbonyl (C=O) groups excluding carboxylic acids is 2. The second kappa shape index (κ2) is 23.4. The van der Waals surface area contributed by atoms with Gasteiger partial charge in [0.25, 0.3) is 5.56 Å². The normalized spacial score (nSPS) is 14.1. The third-order valence-corrected chi connectivity index (χ3v) is 9.38. The van der Waals surface area contributed by atoms with E-state index in [-0.39, 0.29) is 35.9 Å². The quantitative estimate of drug-likeness (QED) is 0.0662. The maximum Gasteiger partial charge on any atom is 0.323 e. The van der Waals surface area contributed by atoms with Gasteiger partial charge in [-0.2, -0.15) is 4.98 Å². The Bertz CT molecular complexity index is 1210. The predicted molar refractivity (Wildman–Crippen MR) is 189 cm³/mol. The number of fused-ring (bicyclic) bond motifs is 1. The molecule has 0 spiro atoms. The molecule has 268 valence electrons. The number of carbonyl (C=O) groups is 2. The minimum atomic E-state index is -0.651. The van der Waals surface area contributed by atoms with Crippen molar-refractivity contribution >= 4 is 29.1 Å². The molecule has 0 fully saturated rings. The summed E-state index contributed by atoms with van der Waals surface area (Å²) >= 11 is 0. The summed E-state index contributed by atoms with van der Waals surface area (Å²) in [6, 6.07) is -0.651. The topological polar surface area (TPSA) is 168 Å². The fourth-order valence-corrected chi connectivity index (χ4v) is 5.94. The van der Waals surface area contributed by atoms with E-state index in [1.54, 1.807) is 10.9 Å². The van der Waals surface area contributed by atoms with Gasteiger partial charge in [0, 0.05) is 18.9 Å². The number of imidazole rings is 1. The Hall–Kier alpha value is -2.95. The van der Waals surface area contributed by atoms with Crippen LogP contribution < -0.4 is 17.0 Å². The first-order chi connectivity index (χ1) is 22.7. The van der Waals surface area contributed by atoms with E-state index in [0.29, 0.717) is 31.5 Å². The standard InChI is InChI=1S/C36H64N6O5/c1-5-7-8-9-10-11-12-13-14-15-16-17-18-19-20-23-30(43)47-28(4)29(22-21-24-46-35(45)31(37)27(3)6-2)25-42-26-39-32-33(42)40-36(38)41-34(32)44/h26-29,31H,5-25,37H2,1-4H3,(H3,38,40,41,44). The van der Waals surface area contributed by atoms with Gasteiger partial charge in [-0.3, -0.25) is 19.4 Å². The molecule has 2 rings (SSSR count). The highest BCUT2D eigenvalue weighted by Gasteiger charge is 2.24. The Balaban J connectivity index is 1.75. The number of hydrogen-bond acceptors (Lipinski definition) is 9. The van der Waals surface area contributed by atoms with Crippen LogP contribution in [0.1, 0.15) is 150 Å². The second-order valence-corrected chi connectivity index (χ2v) is 13.4. The van der Waals surface area contributed by atoms with Crippen molar-refractivity contribution in [1.82, 2.24) is 19.5 Å². The first-order valence-corrected chi connectivity index (χ1v) is 18.5. The highest BCUT2D eigenvalue weighted by atomic mass is 16.5. The van der Waals surface area contributed by atoms with Crippen molar-refractivity contribution in [2.24, 2.45) is 17.6 Å². The highest BCUT2D eigenvalue weighted by Crippen LogP contribution is 2.21. The first kappa shape index (κ1) is 40.2. The fourth-order valence-electron chi connectivity index (χ4n) is 5.94. The van der Waals surface area contributed by atoms with Crippen LogP contribution in [0.15, 0.2) is 11.1 Å². The molecule has 0 amide bonds. The van der Waals surface area contributed by atoms with Crippen LogP contribution in [0.25, 0.3) is 11.2 Å². The van der Waals surface area contributed by atoms with Crippen molar-refractivity contribution in [2.45, 2.75) is 168 Å². The maximum atomic E-state index is 12.8. The average Bonchev–Trinajstić information content (AvgIpc) is 3.45. The molecule has 2 aromatic heterocycles. The number of nitrogens with zero attached hydrogens (tertiary/aromatic N) is 3. The zero-order valence-electron chi connectivity index (χ0n) is 29.8. The van der Waals surface area contributed by atoms with E-state index in [9.17, 15) is 14.4 Å². The minimum absolute atomic E-state index is 0.00772. The molecule has 11 nitrogen and oxygen atoms in total. The molecule has 0 aromatic carbocycles. The number of aromatic nitrogens is 4. The molecule has 0 aliphatic carbocycles. The lowest BCUT2D eigenvalue weighted by atomic mass is 9.97. The van der Waals surface area contributed by atoms with Crippen molar-refractivity contribution in [1.29, 1.82) is 0 Å². The molecular formula is C36H64N6O5. The first-order valence-electron chi connectivity index (χ1n) is 18.5. The summed E-state index contributed by atoms with van der Waals surface area (Å²) in [5.41, 5.74) is 12.0. The Kier molecular flexibility index (Phi) is 20.0. The third kappa shape index (κ3) is 15.7. The number of esters is 2. The number of nitrogen functional groups attached to an aromatic ring is 1. The number of anilines is 1. The van der Waals surface area contributed by atoms with Gasteiger partial charge in [0.1, 0.15) is 12.1 Å². The highest BCUT2D eigenvalue weighted by molar-refractivity contribution is 5.75. The lowest BCUT2D eigenvalue weighted by Crippen LogP contribution is -2.38. The monoisotopic (exact) mass is 660 g/mol. The van der Waals surface area contributed by atoms with Crippen LogP contribution in [0.3, 0.4) is 0 Å². The summed E-state index contributed by atoms with van der Waals surface area (Å²) in [5.74, 6) is -0.706. The summed E-state index contributed by atoms with van der Waals surface area (Å²) < 4.78 is 13.1. The van der Waals surface area contributed by atoms with Crippen molar-refractivity contribution in [3.63, 3.8) is 0 Å². The molecule has 2 heterocycles. The molecule has 4 atom stereocenters.